The van der Waals surface area contributed by atoms with Crippen molar-refractivity contribution in [1.82, 2.24) is 9.76 Å². The molecule has 1 saturated heterocycles. The predicted molar refractivity (Wildman–Crippen MR) is 113 cm³/mol. The number of benzene rings is 1. The van der Waals surface area contributed by atoms with Crippen molar-refractivity contribution in [2.75, 3.05) is 12.9 Å². The maximum atomic E-state index is 13.9. The third-order valence-electron chi connectivity index (χ3n) is 3.89. The summed E-state index contributed by atoms with van der Waals surface area (Å²) in [5, 5.41) is 2.84. The largest absolute Gasteiger partial charge is 0.468 e. The zero-order valence-electron chi connectivity index (χ0n) is 15.0. The monoisotopic (exact) mass is 480 g/mol. The van der Waals surface area contributed by atoms with Crippen LogP contribution in [0.4, 0.5) is 0 Å². The van der Waals surface area contributed by atoms with Gasteiger partial charge in [0.2, 0.25) is 0 Å². The Labute approximate surface area is 172 Å². The lowest BCUT2D eigenvalue weighted by atomic mass is 10.1. The van der Waals surface area contributed by atoms with Gasteiger partial charge < -0.3 is 9.26 Å². The molecule has 0 saturated carbocycles. The maximum absolute atomic E-state index is 13.9. The van der Waals surface area contributed by atoms with E-state index in [9.17, 15) is 9.36 Å². The van der Waals surface area contributed by atoms with E-state index in [-0.39, 0.29) is 12.0 Å². The molecular weight excluding hydrogens is 459 g/mol. The van der Waals surface area contributed by atoms with Crippen molar-refractivity contribution in [3.05, 3.63) is 28.7 Å². The highest BCUT2D eigenvalue weighted by molar-refractivity contribution is 9.10. The number of esters is 1. The molecule has 1 fully saturated rings. The number of hydrogen-bond acceptors (Lipinski definition) is 6. The van der Waals surface area contributed by atoms with E-state index < -0.39 is 19.7 Å². The minimum atomic E-state index is -3.69. The minimum absolute atomic E-state index is 0.0638. The molecule has 1 aliphatic heterocycles. The predicted octanol–water partition coefficient (Wildman–Crippen LogP) is 4.45. The number of nitrogens with zero attached hydrogens (tertiary/aromatic N) is 1. The Bertz CT molecular complexity index is 717. The fraction of sp³-hybridized carbons (Fsp3) is 0.500. The number of carbonyl (C=O) groups is 1. The lowest BCUT2D eigenvalue weighted by Gasteiger charge is -2.35. The summed E-state index contributed by atoms with van der Waals surface area (Å²) < 4.78 is 27.5. The van der Waals surface area contributed by atoms with Crippen LogP contribution >= 0.6 is 47.6 Å². The Kier molecular flexibility index (Phi) is 7.56. The van der Waals surface area contributed by atoms with Crippen LogP contribution in [0.15, 0.2) is 28.7 Å². The topological polar surface area (TPSA) is 67.9 Å². The molecule has 0 aliphatic carbocycles. The molecule has 1 aromatic rings. The van der Waals surface area contributed by atoms with Crippen LogP contribution in [0.3, 0.4) is 0 Å². The van der Waals surface area contributed by atoms with E-state index in [0.717, 1.165) is 10.2 Å². The highest BCUT2D eigenvalue weighted by Gasteiger charge is 2.47. The highest BCUT2D eigenvalue weighted by atomic mass is 79.9. The number of methoxy groups -OCH3 is 1. The van der Waals surface area contributed by atoms with Gasteiger partial charge in [-0.3, -0.25) is 9.46 Å². The summed E-state index contributed by atoms with van der Waals surface area (Å²) in [6, 6.07) is 6.12. The van der Waals surface area contributed by atoms with Gasteiger partial charge in [-0.1, -0.05) is 53.8 Å². The minimum Gasteiger partial charge on any atom is -0.468 e. The molecule has 0 amide bonds. The van der Waals surface area contributed by atoms with E-state index in [0.29, 0.717) is 10.1 Å². The molecule has 1 unspecified atom stereocenters. The van der Waals surface area contributed by atoms with Gasteiger partial charge in [0.25, 0.3) is 0 Å². The zero-order chi connectivity index (χ0) is 19.5. The lowest BCUT2D eigenvalue weighted by molar-refractivity contribution is -0.142. The molecule has 1 aliphatic rings. The molecule has 10 heteroatoms. The van der Waals surface area contributed by atoms with Crippen LogP contribution < -0.4 is 9.61 Å². The number of rotatable bonds is 7. The molecule has 1 heterocycles. The Morgan fingerprint density at radius 3 is 2.54 bits per heavy atom. The van der Waals surface area contributed by atoms with Crippen molar-refractivity contribution >= 4 is 57.9 Å². The standard InChI is InChI=1S/C16H22BrN2O4PS2/c1-10(2)14-9-26-16(25)19(14)24(21,18-11(3)15(20)22-4)23-13-7-5-12(17)6-8-13/h5-8,10-11,14H,9H2,1-4H3,(H,18,21)/t11-,14+,24?/m0/s1. The number of carbonyl (C=O) groups excluding carboxylic acids is 1. The van der Waals surface area contributed by atoms with E-state index in [1.54, 1.807) is 35.9 Å². The summed E-state index contributed by atoms with van der Waals surface area (Å²) in [5.41, 5.74) is 0. The molecular formula is C16H22BrN2O4PS2. The van der Waals surface area contributed by atoms with Gasteiger partial charge in [0.1, 0.15) is 16.1 Å². The van der Waals surface area contributed by atoms with Gasteiger partial charge in [-0.25, -0.2) is 9.65 Å². The van der Waals surface area contributed by atoms with E-state index in [2.05, 4.69) is 21.0 Å². The molecule has 6 nitrogen and oxygen atoms in total. The van der Waals surface area contributed by atoms with Crippen molar-refractivity contribution in [2.45, 2.75) is 32.9 Å². The maximum Gasteiger partial charge on any atom is 0.421 e. The lowest BCUT2D eigenvalue weighted by Crippen LogP contribution is -2.44. The van der Waals surface area contributed by atoms with Gasteiger partial charge in [0.05, 0.1) is 13.2 Å². The number of hydrogen-bond donors (Lipinski definition) is 1. The highest BCUT2D eigenvalue weighted by Crippen LogP contribution is 2.54. The second-order valence-electron chi connectivity index (χ2n) is 6.17. The summed E-state index contributed by atoms with van der Waals surface area (Å²) in [5.74, 6) is 0.824. The zero-order valence-corrected chi connectivity index (χ0v) is 19.1. The molecule has 1 aromatic carbocycles. The van der Waals surface area contributed by atoms with Crippen molar-refractivity contribution in [3.8, 4) is 5.75 Å². The van der Waals surface area contributed by atoms with Gasteiger partial charge in [-0.15, -0.1) is 0 Å². The Morgan fingerprint density at radius 2 is 2.00 bits per heavy atom. The summed E-state index contributed by atoms with van der Waals surface area (Å²) in [6.07, 6.45) is 0. The average Bonchev–Trinajstić information content (AvgIpc) is 2.98. The number of thiocarbonyl (C=S) groups is 1. The first kappa shape index (κ1) is 21.7. The Hall–Kier alpha value is -0.600. The third kappa shape index (κ3) is 5.01. The average molecular weight is 481 g/mol. The summed E-state index contributed by atoms with van der Waals surface area (Å²) in [7, 11) is -2.40. The Balaban J connectivity index is 2.39. The number of nitrogens with one attached hydrogen (secondary N) is 1. The number of ether oxygens (including phenoxy) is 1. The fourth-order valence-electron chi connectivity index (χ4n) is 2.45. The first-order valence-electron chi connectivity index (χ1n) is 8.05. The molecule has 0 aromatic heterocycles. The van der Waals surface area contributed by atoms with Crippen LogP contribution in [-0.2, 0) is 14.1 Å². The van der Waals surface area contributed by atoms with Crippen molar-refractivity contribution in [1.29, 1.82) is 0 Å². The first-order chi connectivity index (χ1) is 12.2. The number of thioether (sulfide) groups is 1. The summed E-state index contributed by atoms with van der Waals surface area (Å²) in [6.45, 7) is 5.67. The summed E-state index contributed by atoms with van der Waals surface area (Å²) in [4.78, 5) is 11.9. The molecule has 0 radical (unpaired) electrons. The molecule has 144 valence electrons. The van der Waals surface area contributed by atoms with Gasteiger partial charge in [-0.2, -0.15) is 0 Å². The van der Waals surface area contributed by atoms with Gasteiger partial charge in [-0.05, 0) is 37.1 Å². The smallest absolute Gasteiger partial charge is 0.421 e. The molecule has 1 N–H and O–H groups in total. The molecule has 3 atom stereocenters. The van der Waals surface area contributed by atoms with Gasteiger partial charge in [0, 0.05) is 10.2 Å². The van der Waals surface area contributed by atoms with Crippen LogP contribution in [0.1, 0.15) is 20.8 Å². The fourth-order valence-corrected chi connectivity index (χ4v) is 7.32. The van der Waals surface area contributed by atoms with Gasteiger partial charge in [0.15, 0.2) is 0 Å². The quantitative estimate of drug-likeness (QED) is 0.348. The van der Waals surface area contributed by atoms with Crippen molar-refractivity contribution in [2.24, 2.45) is 5.92 Å². The van der Waals surface area contributed by atoms with Gasteiger partial charge >= 0.3 is 13.6 Å². The van der Waals surface area contributed by atoms with Crippen molar-refractivity contribution < 1.29 is 18.6 Å². The number of halogens is 1. The Morgan fingerprint density at radius 1 is 1.38 bits per heavy atom. The molecule has 0 spiro atoms. The molecule has 26 heavy (non-hydrogen) atoms. The van der Waals surface area contributed by atoms with E-state index >= 15 is 0 Å². The molecule has 2 rings (SSSR count). The normalized spacial score (nSPS) is 20.8. The third-order valence-corrected chi connectivity index (χ3v) is 8.42. The van der Waals surface area contributed by atoms with Crippen LogP contribution in [0.2, 0.25) is 0 Å². The van der Waals surface area contributed by atoms with E-state index in [1.165, 1.54) is 18.9 Å². The second-order valence-corrected chi connectivity index (χ2v) is 10.7. The van der Waals surface area contributed by atoms with E-state index in [1.807, 2.05) is 13.8 Å². The molecule has 0 bridgehead atoms. The second kappa shape index (κ2) is 9.06. The van der Waals surface area contributed by atoms with Crippen LogP contribution in [-0.4, -0.2) is 39.9 Å². The van der Waals surface area contributed by atoms with E-state index in [4.69, 9.17) is 21.5 Å². The van der Waals surface area contributed by atoms with Crippen molar-refractivity contribution in [3.63, 3.8) is 0 Å². The summed E-state index contributed by atoms with van der Waals surface area (Å²) >= 11 is 10.3. The van der Waals surface area contributed by atoms with Crippen LogP contribution in [0, 0.1) is 5.92 Å². The first-order valence-corrected chi connectivity index (χ1v) is 11.8. The van der Waals surface area contributed by atoms with Crippen LogP contribution in [0.25, 0.3) is 0 Å². The van der Waals surface area contributed by atoms with Crippen LogP contribution in [0.5, 0.6) is 5.75 Å². The SMILES string of the molecule is COC(=O)[C@H](C)NP(=O)(Oc1ccc(Br)cc1)N1C(=S)SC[C@@H]1C(C)C.